The molecule has 1 atom stereocenters. The maximum atomic E-state index is 10.9. The summed E-state index contributed by atoms with van der Waals surface area (Å²) < 4.78 is 5.31. The van der Waals surface area contributed by atoms with Gasteiger partial charge in [-0.15, -0.1) is 0 Å². The standard InChI is InChI=1S/C24H30N2O4/c1-4-5-21-19(7-8-22(29)24(21)26-16-28)10-12-25-17(2)14-18-6-9-23(30-3)20(15-18)11-13-27/h4-9,13,15-17,25,29H,10-12,14H2,1-3H3,(H,26,28)/b5-4-. The second-order valence-corrected chi connectivity index (χ2v) is 7.12. The van der Waals surface area contributed by atoms with E-state index in [0.717, 1.165) is 53.7 Å². The van der Waals surface area contributed by atoms with Gasteiger partial charge in [0.05, 0.1) is 12.8 Å². The predicted molar refractivity (Wildman–Crippen MR) is 120 cm³/mol. The van der Waals surface area contributed by atoms with Crippen LogP contribution in [-0.4, -0.2) is 37.5 Å². The van der Waals surface area contributed by atoms with Gasteiger partial charge in [0.2, 0.25) is 6.41 Å². The lowest BCUT2D eigenvalue weighted by Crippen LogP contribution is -2.30. The van der Waals surface area contributed by atoms with Crippen molar-refractivity contribution in [2.24, 2.45) is 0 Å². The van der Waals surface area contributed by atoms with E-state index in [4.69, 9.17) is 4.74 Å². The van der Waals surface area contributed by atoms with Crippen LogP contribution in [0.4, 0.5) is 5.69 Å². The van der Waals surface area contributed by atoms with Crippen LogP contribution in [0.3, 0.4) is 0 Å². The Morgan fingerprint density at radius 3 is 2.63 bits per heavy atom. The maximum Gasteiger partial charge on any atom is 0.211 e. The molecule has 0 bridgehead atoms. The van der Waals surface area contributed by atoms with Crippen LogP contribution in [0.25, 0.3) is 6.08 Å². The molecule has 0 saturated carbocycles. The van der Waals surface area contributed by atoms with Crippen molar-refractivity contribution in [1.29, 1.82) is 0 Å². The van der Waals surface area contributed by atoms with Crippen molar-refractivity contribution < 1.29 is 19.4 Å². The lowest BCUT2D eigenvalue weighted by molar-refractivity contribution is -0.107. The Kier molecular flexibility index (Phi) is 9.09. The third-order valence-corrected chi connectivity index (χ3v) is 4.93. The highest BCUT2D eigenvalue weighted by Gasteiger charge is 2.12. The van der Waals surface area contributed by atoms with Crippen LogP contribution in [0.1, 0.15) is 36.1 Å². The number of carbonyl (C=O) groups is 2. The third kappa shape index (κ3) is 6.19. The van der Waals surface area contributed by atoms with E-state index in [0.29, 0.717) is 18.5 Å². The summed E-state index contributed by atoms with van der Waals surface area (Å²) in [5.41, 5.74) is 4.31. The number of anilines is 1. The molecule has 0 aromatic heterocycles. The van der Waals surface area contributed by atoms with Crippen LogP contribution in [-0.2, 0) is 28.9 Å². The van der Waals surface area contributed by atoms with Gasteiger partial charge in [0.15, 0.2) is 0 Å². The number of amides is 1. The average Bonchev–Trinajstić information content (AvgIpc) is 2.73. The highest BCUT2D eigenvalue weighted by Crippen LogP contribution is 2.31. The van der Waals surface area contributed by atoms with Gasteiger partial charge in [-0.1, -0.05) is 30.4 Å². The van der Waals surface area contributed by atoms with Gasteiger partial charge in [-0.2, -0.15) is 0 Å². The largest absolute Gasteiger partial charge is 0.506 e. The minimum Gasteiger partial charge on any atom is -0.506 e. The van der Waals surface area contributed by atoms with E-state index in [1.165, 1.54) is 0 Å². The van der Waals surface area contributed by atoms with E-state index in [1.807, 2.05) is 43.3 Å². The number of hydrogen-bond donors (Lipinski definition) is 3. The molecule has 0 saturated heterocycles. The van der Waals surface area contributed by atoms with Crippen molar-refractivity contribution in [3.63, 3.8) is 0 Å². The molecule has 2 aromatic rings. The second-order valence-electron chi connectivity index (χ2n) is 7.12. The lowest BCUT2D eigenvalue weighted by Gasteiger charge is -2.17. The average molecular weight is 411 g/mol. The van der Waals surface area contributed by atoms with E-state index >= 15 is 0 Å². The fourth-order valence-electron chi connectivity index (χ4n) is 3.52. The van der Waals surface area contributed by atoms with Crippen LogP contribution in [0.5, 0.6) is 11.5 Å². The highest BCUT2D eigenvalue weighted by molar-refractivity contribution is 5.83. The molecule has 3 N–H and O–H groups in total. The summed E-state index contributed by atoms with van der Waals surface area (Å²) in [5, 5.41) is 16.2. The van der Waals surface area contributed by atoms with Gasteiger partial charge in [0, 0.05) is 23.6 Å². The molecule has 0 aliphatic rings. The number of phenolic OH excluding ortho intramolecular Hbond substituents is 1. The third-order valence-electron chi connectivity index (χ3n) is 4.93. The van der Waals surface area contributed by atoms with Crippen molar-refractivity contribution >= 4 is 24.5 Å². The fraction of sp³-hybridized carbons (Fsp3) is 0.333. The minimum atomic E-state index is 0.0471. The van der Waals surface area contributed by atoms with Gasteiger partial charge in [0.25, 0.3) is 0 Å². The van der Waals surface area contributed by atoms with Gasteiger partial charge in [-0.3, -0.25) is 4.79 Å². The molecule has 6 heteroatoms. The molecule has 0 radical (unpaired) electrons. The number of nitrogens with one attached hydrogen (secondary N) is 2. The number of benzene rings is 2. The van der Waals surface area contributed by atoms with E-state index < -0.39 is 0 Å². The van der Waals surface area contributed by atoms with E-state index in [9.17, 15) is 14.7 Å². The Labute approximate surface area is 178 Å². The summed E-state index contributed by atoms with van der Waals surface area (Å²) in [4.78, 5) is 21.8. The van der Waals surface area contributed by atoms with Crippen LogP contribution >= 0.6 is 0 Å². The van der Waals surface area contributed by atoms with Gasteiger partial charge in [0.1, 0.15) is 17.8 Å². The van der Waals surface area contributed by atoms with Crippen molar-refractivity contribution in [3.05, 3.63) is 58.7 Å². The molecule has 0 heterocycles. The number of rotatable bonds is 12. The molecule has 160 valence electrons. The summed E-state index contributed by atoms with van der Waals surface area (Å²) >= 11 is 0. The number of phenols is 1. The molecule has 0 aliphatic carbocycles. The van der Waals surface area contributed by atoms with E-state index in [2.05, 4.69) is 17.6 Å². The van der Waals surface area contributed by atoms with Gasteiger partial charge in [-0.25, -0.2) is 0 Å². The molecule has 0 spiro atoms. The summed E-state index contributed by atoms with van der Waals surface area (Å²) in [6.45, 7) is 4.76. The van der Waals surface area contributed by atoms with Crippen LogP contribution < -0.4 is 15.4 Å². The molecule has 30 heavy (non-hydrogen) atoms. The first-order valence-corrected chi connectivity index (χ1v) is 10.0. The lowest BCUT2D eigenvalue weighted by atomic mass is 10.00. The van der Waals surface area contributed by atoms with Crippen molar-refractivity contribution in [1.82, 2.24) is 5.32 Å². The van der Waals surface area contributed by atoms with Crippen molar-refractivity contribution in [3.8, 4) is 11.5 Å². The number of allylic oxidation sites excluding steroid dienone is 1. The Bertz CT molecular complexity index is 893. The van der Waals surface area contributed by atoms with Crippen LogP contribution in [0.15, 0.2) is 36.4 Å². The number of aldehydes is 1. The SMILES string of the molecule is C/C=C\c1c(CCNC(C)Cc2ccc(OC)c(CC=O)c2)ccc(O)c1NC=O. The Morgan fingerprint density at radius 2 is 1.97 bits per heavy atom. The second kappa shape index (κ2) is 11.8. The quantitative estimate of drug-likeness (QED) is 0.368. The highest BCUT2D eigenvalue weighted by atomic mass is 16.5. The van der Waals surface area contributed by atoms with E-state index in [-0.39, 0.29) is 11.8 Å². The van der Waals surface area contributed by atoms with Gasteiger partial charge < -0.3 is 25.3 Å². The first-order chi connectivity index (χ1) is 14.5. The monoisotopic (exact) mass is 410 g/mol. The Hall–Kier alpha value is -3.12. The first-order valence-electron chi connectivity index (χ1n) is 10.0. The van der Waals surface area contributed by atoms with E-state index in [1.54, 1.807) is 13.2 Å². The molecule has 1 unspecified atom stereocenters. The normalized spacial score (nSPS) is 12.0. The van der Waals surface area contributed by atoms with Gasteiger partial charge >= 0.3 is 0 Å². The number of methoxy groups -OCH3 is 1. The molecule has 1 amide bonds. The number of aromatic hydroxyl groups is 1. The molecule has 2 rings (SSSR count). The van der Waals surface area contributed by atoms with Crippen LogP contribution in [0.2, 0.25) is 0 Å². The zero-order chi connectivity index (χ0) is 21.9. The van der Waals surface area contributed by atoms with Gasteiger partial charge in [-0.05, 0) is 56.5 Å². The number of carbonyl (C=O) groups excluding carboxylic acids is 2. The molecule has 6 nitrogen and oxygen atoms in total. The van der Waals surface area contributed by atoms with Crippen LogP contribution in [0, 0.1) is 0 Å². The summed E-state index contributed by atoms with van der Waals surface area (Å²) in [5.74, 6) is 0.779. The van der Waals surface area contributed by atoms with Crippen molar-refractivity contribution in [2.75, 3.05) is 19.0 Å². The predicted octanol–water partition coefficient (Wildman–Crippen LogP) is 3.51. The topological polar surface area (TPSA) is 87.7 Å². The Morgan fingerprint density at radius 1 is 1.17 bits per heavy atom. The van der Waals surface area contributed by atoms with Crippen molar-refractivity contribution in [2.45, 2.75) is 39.2 Å². The zero-order valence-electron chi connectivity index (χ0n) is 17.8. The summed E-state index contributed by atoms with van der Waals surface area (Å²) in [7, 11) is 1.61. The number of hydrogen-bond acceptors (Lipinski definition) is 5. The molecular formula is C24H30N2O4. The first kappa shape index (κ1) is 23.2. The molecule has 0 fully saturated rings. The molecular weight excluding hydrogens is 380 g/mol. The Balaban J connectivity index is 2.02. The smallest absolute Gasteiger partial charge is 0.211 e. The fourth-order valence-corrected chi connectivity index (χ4v) is 3.52. The molecule has 0 aliphatic heterocycles. The molecule has 2 aromatic carbocycles. The number of ether oxygens (including phenoxy) is 1. The minimum absolute atomic E-state index is 0.0471. The summed E-state index contributed by atoms with van der Waals surface area (Å²) in [6, 6.07) is 9.66. The summed E-state index contributed by atoms with van der Waals surface area (Å²) in [6.07, 6.45) is 7.13. The zero-order valence-corrected chi connectivity index (χ0v) is 17.8. The maximum absolute atomic E-state index is 10.9.